The molecule has 3 nitrogen and oxygen atoms in total. The van der Waals surface area contributed by atoms with Crippen LogP contribution in [-0.4, -0.2) is 9.55 Å². The number of aromatic nitrogens is 2. The van der Waals surface area contributed by atoms with E-state index >= 15 is 0 Å². The molecule has 0 aliphatic carbocycles. The van der Waals surface area contributed by atoms with Crippen LogP contribution in [-0.2, 0) is 13.6 Å². The molecule has 1 aromatic heterocycles. The van der Waals surface area contributed by atoms with Gasteiger partial charge in [-0.05, 0) is 48.2 Å². The predicted molar refractivity (Wildman–Crippen MR) is 94.2 cm³/mol. The van der Waals surface area contributed by atoms with Gasteiger partial charge in [0.1, 0.15) is 11.6 Å². The van der Waals surface area contributed by atoms with Crippen molar-refractivity contribution in [2.75, 3.05) is 0 Å². The largest absolute Gasteiger partial charge is 0.336 e. The molecule has 2 aromatic carbocycles. The number of benzene rings is 2. The summed E-state index contributed by atoms with van der Waals surface area (Å²) in [5, 5.41) is 3.56. The first-order valence-corrected chi connectivity index (χ1v) is 8.07. The first-order valence-electron chi connectivity index (χ1n) is 8.07. The van der Waals surface area contributed by atoms with Crippen molar-refractivity contribution < 1.29 is 4.39 Å². The van der Waals surface area contributed by atoms with E-state index in [1.807, 2.05) is 29.9 Å². The van der Waals surface area contributed by atoms with E-state index in [-0.39, 0.29) is 11.9 Å². The fourth-order valence-electron chi connectivity index (χ4n) is 2.80. The van der Waals surface area contributed by atoms with Crippen LogP contribution in [0.25, 0.3) is 0 Å². The van der Waals surface area contributed by atoms with Gasteiger partial charge in [-0.3, -0.25) is 5.32 Å². The van der Waals surface area contributed by atoms with Crippen molar-refractivity contribution in [3.63, 3.8) is 0 Å². The van der Waals surface area contributed by atoms with Crippen LogP contribution in [0.1, 0.15) is 34.1 Å². The first-order chi connectivity index (χ1) is 11.5. The molecule has 0 spiro atoms. The number of aryl methyl sites for hydroxylation is 3. The van der Waals surface area contributed by atoms with Crippen LogP contribution in [0.2, 0.25) is 0 Å². The van der Waals surface area contributed by atoms with Gasteiger partial charge in [-0.1, -0.05) is 30.3 Å². The molecule has 0 aliphatic rings. The molecule has 0 radical (unpaired) electrons. The molecule has 0 saturated heterocycles. The Morgan fingerprint density at radius 1 is 1.08 bits per heavy atom. The van der Waals surface area contributed by atoms with Crippen molar-refractivity contribution in [3.05, 3.63) is 88.8 Å². The van der Waals surface area contributed by atoms with Crippen LogP contribution >= 0.6 is 0 Å². The maximum absolute atomic E-state index is 13.3. The summed E-state index contributed by atoms with van der Waals surface area (Å²) in [6.45, 7) is 4.95. The van der Waals surface area contributed by atoms with Gasteiger partial charge >= 0.3 is 0 Å². The van der Waals surface area contributed by atoms with E-state index in [2.05, 4.69) is 42.3 Å². The maximum Gasteiger partial charge on any atom is 0.130 e. The summed E-state index contributed by atoms with van der Waals surface area (Å²) < 4.78 is 15.3. The summed E-state index contributed by atoms with van der Waals surface area (Å²) in [4.78, 5) is 4.47. The second-order valence-electron chi connectivity index (χ2n) is 6.18. The third-order valence-electron chi connectivity index (χ3n) is 4.40. The zero-order valence-electron chi connectivity index (χ0n) is 14.3. The smallest absolute Gasteiger partial charge is 0.130 e. The highest BCUT2D eigenvalue weighted by atomic mass is 19.1. The summed E-state index contributed by atoms with van der Waals surface area (Å²) in [6.07, 6.45) is 3.70. The third kappa shape index (κ3) is 3.54. The molecule has 1 unspecified atom stereocenters. The lowest BCUT2D eigenvalue weighted by Crippen LogP contribution is -2.24. The van der Waals surface area contributed by atoms with Crippen molar-refractivity contribution in [1.29, 1.82) is 0 Å². The van der Waals surface area contributed by atoms with Crippen LogP contribution in [0.4, 0.5) is 4.39 Å². The molecule has 24 heavy (non-hydrogen) atoms. The minimum Gasteiger partial charge on any atom is -0.336 e. The number of rotatable bonds is 5. The zero-order chi connectivity index (χ0) is 17.1. The lowest BCUT2D eigenvalue weighted by molar-refractivity contribution is 0.555. The summed E-state index contributed by atoms with van der Waals surface area (Å²) in [7, 11) is 1.97. The molecule has 0 amide bonds. The van der Waals surface area contributed by atoms with E-state index in [4.69, 9.17) is 0 Å². The summed E-state index contributed by atoms with van der Waals surface area (Å²) in [6, 6.07) is 13.0. The lowest BCUT2D eigenvalue weighted by atomic mass is 10.0. The van der Waals surface area contributed by atoms with E-state index in [1.54, 1.807) is 6.20 Å². The Kier molecular flexibility index (Phi) is 4.76. The van der Waals surface area contributed by atoms with Gasteiger partial charge < -0.3 is 4.57 Å². The number of hydrogen-bond donors (Lipinski definition) is 1. The SMILES string of the molecule is Cc1ccc(CNC(c2ccc(F)cc2)c2nccn2C)cc1C. The van der Waals surface area contributed by atoms with Crippen molar-refractivity contribution in [2.24, 2.45) is 7.05 Å². The molecule has 124 valence electrons. The predicted octanol–water partition coefficient (Wildman–Crippen LogP) is 4.06. The highest BCUT2D eigenvalue weighted by Crippen LogP contribution is 2.22. The molecule has 0 saturated carbocycles. The van der Waals surface area contributed by atoms with Crippen molar-refractivity contribution in [2.45, 2.75) is 26.4 Å². The molecule has 4 heteroatoms. The molecule has 0 aliphatic heterocycles. The number of nitrogens with one attached hydrogen (secondary N) is 1. The number of imidazole rings is 1. The van der Waals surface area contributed by atoms with Gasteiger partial charge in [0.25, 0.3) is 0 Å². The molecule has 0 fully saturated rings. The van der Waals surface area contributed by atoms with Crippen LogP contribution in [0, 0.1) is 19.7 Å². The van der Waals surface area contributed by atoms with Gasteiger partial charge in [-0.15, -0.1) is 0 Å². The van der Waals surface area contributed by atoms with Crippen molar-refractivity contribution in [3.8, 4) is 0 Å². The molecule has 1 N–H and O–H groups in total. The van der Waals surface area contributed by atoms with Crippen LogP contribution in [0.5, 0.6) is 0 Å². The van der Waals surface area contributed by atoms with Crippen LogP contribution < -0.4 is 5.32 Å². The molecule has 3 aromatic rings. The van der Waals surface area contributed by atoms with Gasteiger partial charge in [0.05, 0.1) is 6.04 Å². The van der Waals surface area contributed by atoms with Crippen molar-refractivity contribution >= 4 is 0 Å². The van der Waals surface area contributed by atoms with E-state index in [1.165, 1.54) is 28.8 Å². The average Bonchev–Trinajstić information content (AvgIpc) is 2.99. The summed E-state index contributed by atoms with van der Waals surface area (Å²) >= 11 is 0. The van der Waals surface area contributed by atoms with Gasteiger partial charge in [-0.25, -0.2) is 9.37 Å². The normalized spacial score (nSPS) is 12.3. The summed E-state index contributed by atoms with van der Waals surface area (Å²) in [5.74, 6) is 0.678. The number of halogens is 1. The molecular weight excluding hydrogens is 301 g/mol. The topological polar surface area (TPSA) is 29.9 Å². The van der Waals surface area contributed by atoms with Crippen LogP contribution in [0.3, 0.4) is 0 Å². The monoisotopic (exact) mass is 323 g/mol. The standard InChI is InChI=1S/C20H22FN3/c1-14-4-5-16(12-15(14)2)13-23-19(20-22-10-11-24(20)3)17-6-8-18(21)9-7-17/h4-12,19,23H,13H2,1-3H3. The second-order valence-corrected chi connectivity index (χ2v) is 6.18. The minimum atomic E-state index is -0.230. The Morgan fingerprint density at radius 2 is 1.83 bits per heavy atom. The van der Waals surface area contributed by atoms with E-state index < -0.39 is 0 Å². The average molecular weight is 323 g/mol. The third-order valence-corrected chi connectivity index (χ3v) is 4.40. The summed E-state index contributed by atoms with van der Waals surface area (Å²) in [5.41, 5.74) is 4.79. The van der Waals surface area contributed by atoms with Crippen molar-refractivity contribution in [1.82, 2.24) is 14.9 Å². The van der Waals surface area contributed by atoms with E-state index in [9.17, 15) is 4.39 Å². The number of hydrogen-bond acceptors (Lipinski definition) is 2. The van der Waals surface area contributed by atoms with Gasteiger partial charge in [0.15, 0.2) is 0 Å². The highest BCUT2D eigenvalue weighted by molar-refractivity contribution is 5.31. The Bertz CT molecular complexity index is 821. The first kappa shape index (κ1) is 16.4. The van der Waals surface area contributed by atoms with Crippen LogP contribution in [0.15, 0.2) is 54.9 Å². The Morgan fingerprint density at radius 3 is 2.46 bits per heavy atom. The minimum absolute atomic E-state index is 0.0905. The van der Waals surface area contributed by atoms with E-state index in [0.29, 0.717) is 0 Å². The molecule has 3 rings (SSSR count). The Balaban J connectivity index is 1.86. The maximum atomic E-state index is 13.3. The lowest BCUT2D eigenvalue weighted by Gasteiger charge is -2.19. The Labute approximate surface area is 142 Å². The zero-order valence-corrected chi connectivity index (χ0v) is 14.3. The highest BCUT2D eigenvalue weighted by Gasteiger charge is 2.18. The van der Waals surface area contributed by atoms with E-state index in [0.717, 1.165) is 17.9 Å². The second kappa shape index (κ2) is 6.97. The molecule has 1 atom stereocenters. The number of nitrogens with zero attached hydrogens (tertiary/aromatic N) is 2. The fraction of sp³-hybridized carbons (Fsp3) is 0.250. The quantitative estimate of drug-likeness (QED) is 0.767. The fourth-order valence-corrected chi connectivity index (χ4v) is 2.80. The molecular formula is C20H22FN3. The van der Waals surface area contributed by atoms with Gasteiger partial charge in [0.2, 0.25) is 0 Å². The molecule has 1 heterocycles. The molecule has 0 bridgehead atoms. The van der Waals surface area contributed by atoms with Gasteiger partial charge in [-0.2, -0.15) is 0 Å². The van der Waals surface area contributed by atoms with Gasteiger partial charge in [0, 0.05) is 26.0 Å². The Hall–Kier alpha value is -2.46.